The van der Waals surface area contributed by atoms with Crippen molar-refractivity contribution in [2.24, 2.45) is 4.99 Å². The summed E-state index contributed by atoms with van der Waals surface area (Å²) >= 11 is 0. The zero-order valence-corrected chi connectivity index (χ0v) is 15.5. The minimum atomic E-state index is 0.485. The standard InChI is InChI=1S/C21H32N4/c1-22-21(24-20-12-6-7-13-20)23-16-18-10-4-5-11-19(18)17-25-14-8-2-3-9-15-25/h4-7,10-11,20H,2-3,8-9,12-17H2,1H3,(H2,22,23,24). The van der Waals surface area contributed by atoms with Crippen molar-refractivity contribution in [3.8, 4) is 0 Å². The fourth-order valence-corrected chi connectivity index (χ4v) is 3.72. The van der Waals surface area contributed by atoms with Crippen molar-refractivity contribution < 1.29 is 0 Å². The van der Waals surface area contributed by atoms with Gasteiger partial charge in [0.15, 0.2) is 5.96 Å². The number of hydrogen-bond acceptors (Lipinski definition) is 2. The molecule has 1 aliphatic heterocycles. The Kier molecular flexibility index (Phi) is 6.92. The van der Waals surface area contributed by atoms with E-state index in [1.165, 1.54) is 49.9 Å². The molecule has 136 valence electrons. The fraction of sp³-hybridized carbons (Fsp3) is 0.571. The number of hydrogen-bond donors (Lipinski definition) is 2. The Morgan fingerprint density at radius 3 is 2.40 bits per heavy atom. The summed E-state index contributed by atoms with van der Waals surface area (Å²) < 4.78 is 0. The van der Waals surface area contributed by atoms with E-state index in [4.69, 9.17) is 0 Å². The van der Waals surface area contributed by atoms with Gasteiger partial charge in [-0.1, -0.05) is 49.3 Å². The monoisotopic (exact) mass is 340 g/mol. The topological polar surface area (TPSA) is 39.7 Å². The van der Waals surface area contributed by atoms with Gasteiger partial charge in [0.05, 0.1) is 0 Å². The van der Waals surface area contributed by atoms with Crippen molar-refractivity contribution in [2.45, 2.75) is 57.7 Å². The van der Waals surface area contributed by atoms with E-state index in [0.717, 1.165) is 31.9 Å². The summed E-state index contributed by atoms with van der Waals surface area (Å²) in [4.78, 5) is 6.99. The number of benzene rings is 1. The van der Waals surface area contributed by atoms with E-state index in [9.17, 15) is 0 Å². The first-order valence-electron chi connectivity index (χ1n) is 9.76. The molecule has 0 atom stereocenters. The molecule has 4 nitrogen and oxygen atoms in total. The van der Waals surface area contributed by atoms with E-state index < -0.39 is 0 Å². The summed E-state index contributed by atoms with van der Waals surface area (Å²) in [7, 11) is 1.85. The van der Waals surface area contributed by atoms with E-state index >= 15 is 0 Å². The van der Waals surface area contributed by atoms with Gasteiger partial charge in [0, 0.05) is 26.2 Å². The minimum absolute atomic E-state index is 0.485. The Balaban J connectivity index is 1.56. The van der Waals surface area contributed by atoms with E-state index in [1.807, 2.05) is 7.05 Å². The lowest BCUT2D eigenvalue weighted by Gasteiger charge is -2.22. The highest BCUT2D eigenvalue weighted by Gasteiger charge is 2.13. The van der Waals surface area contributed by atoms with E-state index in [1.54, 1.807) is 0 Å². The molecule has 0 saturated carbocycles. The van der Waals surface area contributed by atoms with Crippen LogP contribution in [0.25, 0.3) is 0 Å². The second-order valence-corrected chi connectivity index (χ2v) is 7.17. The van der Waals surface area contributed by atoms with Gasteiger partial charge >= 0.3 is 0 Å². The van der Waals surface area contributed by atoms with Crippen LogP contribution in [0, 0.1) is 0 Å². The van der Waals surface area contributed by atoms with Crippen LogP contribution in [-0.2, 0) is 13.1 Å². The molecule has 1 fully saturated rings. The zero-order valence-electron chi connectivity index (χ0n) is 15.5. The Morgan fingerprint density at radius 1 is 1.04 bits per heavy atom. The lowest BCUT2D eigenvalue weighted by atomic mass is 10.1. The van der Waals surface area contributed by atoms with E-state index in [0.29, 0.717) is 6.04 Å². The van der Waals surface area contributed by atoms with Gasteiger partial charge in [-0.2, -0.15) is 0 Å². The third-order valence-corrected chi connectivity index (χ3v) is 5.23. The average Bonchev–Trinajstić information content (AvgIpc) is 3.02. The van der Waals surface area contributed by atoms with Crippen LogP contribution in [0.3, 0.4) is 0 Å². The Labute approximate surface area is 152 Å². The van der Waals surface area contributed by atoms with Gasteiger partial charge in [-0.15, -0.1) is 0 Å². The number of guanidine groups is 1. The van der Waals surface area contributed by atoms with Gasteiger partial charge in [-0.3, -0.25) is 9.89 Å². The predicted molar refractivity (Wildman–Crippen MR) is 106 cm³/mol. The summed E-state index contributed by atoms with van der Waals surface area (Å²) in [5.41, 5.74) is 2.81. The van der Waals surface area contributed by atoms with Gasteiger partial charge in [-0.05, 0) is 49.9 Å². The van der Waals surface area contributed by atoms with Crippen molar-refractivity contribution in [1.82, 2.24) is 15.5 Å². The molecule has 25 heavy (non-hydrogen) atoms. The number of rotatable bonds is 5. The molecule has 0 radical (unpaired) electrons. The number of nitrogens with zero attached hydrogens (tertiary/aromatic N) is 2. The molecule has 2 aliphatic rings. The molecule has 0 bridgehead atoms. The average molecular weight is 341 g/mol. The smallest absolute Gasteiger partial charge is 0.191 e. The Bertz CT molecular complexity index is 577. The maximum Gasteiger partial charge on any atom is 0.191 e. The maximum absolute atomic E-state index is 4.38. The second-order valence-electron chi connectivity index (χ2n) is 7.17. The first kappa shape index (κ1) is 18.0. The molecule has 4 heteroatoms. The normalized spacial score (nSPS) is 19.8. The lowest BCUT2D eigenvalue weighted by Crippen LogP contribution is -2.42. The summed E-state index contributed by atoms with van der Waals surface area (Å²) in [5.74, 6) is 0.901. The van der Waals surface area contributed by atoms with Crippen LogP contribution >= 0.6 is 0 Å². The van der Waals surface area contributed by atoms with Crippen molar-refractivity contribution >= 4 is 5.96 Å². The molecule has 1 aliphatic carbocycles. The van der Waals surface area contributed by atoms with E-state index in [2.05, 4.69) is 56.9 Å². The van der Waals surface area contributed by atoms with Crippen LogP contribution in [0.1, 0.15) is 49.7 Å². The summed E-state index contributed by atoms with van der Waals surface area (Å²) in [6.45, 7) is 4.36. The van der Waals surface area contributed by atoms with Crippen LogP contribution in [0.15, 0.2) is 41.4 Å². The first-order chi connectivity index (χ1) is 12.3. The summed E-state index contributed by atoms with van der Waals surface area (Å²) in [6, 6.07) is 9.30. The molecule has 0 aromatic heterocycles. The predicted octanol–water partition coefficient (Wildman–Crippen LogP) is 3.45. The molecule has 3 rings (SSSR count). The van der Waals surface area contributed by atoms with Gasteiger partial charge in [0.2, 0.25) is 0 Å². The summed E-state index contributed by atoms with van der Waals surface area (Å²) in [5, 5.41) is 7.01. The number of nitrogens with one attached hydrogen (secondary N) is 2. The molecular formula is C21H32N4. The fourth-order valence-electron chi connectivity index (χ4n) is 3.72. The summed E-state index contributed by atoms with van der Waals surface area (Å²) in [6.07, 6.45) is 12.1. The van der Waals surface area contributed by atoms with Crippen LogP contribution < -0.4 is 10.6 Å². The van der Waals surface area contributed by atoms with Crippen molar-refractivity contribution in [3.05, 3.63) is 47.5 Å². The van der Waals surface area contributed by atoms with Crippen LogP contribution in [0.4, 0.5) is 0 Å². The minimum Gasteiger partial charge on any atom is -0.353 e. The molecule has 0 unspecified atom stereocenters. The zero-order chi connectivity index (χ0) is 17.3. The highest BCUT2D eigenvalue weighted by atomic mass is 15.2. The Morgan fingerprint density at radius 2 is 1.72 bits per heavy atom. The number of aliphatic imine (C=N–C) groups is 1. The molecule has 0 amide bonds. The molecule has 1 heterocycles. The van der Waals surface area contributed by atoms with Crippen LogP contribution in [-0.4, -0.2) is 37.0 Å². The van der Waals surface area contributed by atoms with E-state index in [-0.39, 0.29) is 0 Å². The molecule has 1 aromatic carbocycles. The molecular weight excluding hydrogens is 308 g/mol. The molecule has 1 aromatic rings. The lowest BCUT2D eigenvalue weighted by molar-refractivity contribution is 0.276. The molecule has 0 spiro atoms. The highest BCUT2D eigenvalue weighted by molar-refractivity contribution is 5.80. The first-order valence-corrected chi connectivity index (χ1v) is 9.76. The second kappa shape index (κ2) is 9.62. The highest BCUT2D eigenvalue weighted by Crippen LogP contribution is 2.16. The van der Waals surface area contributed by atoms with Crippen LogP contribution in [0.5, 0.6) is 0 Å². The molecule has 2 N–H and O–H groups in total. The van der Waals surface area contributed by atoms with Crippen molar-refractivity contribution in [3.63, 3.8) is 0 Å². The Hall–Kier alpha value is -1.81. The van der Waals surface area contributed by atoms with Crippen molar-refractivity contribution in [1.29, 1.82) is 0 Å². The number of likely N-dealkylation sites (tertiary alicyclic amines) is 1. The van der Waals surface area contributed by atoms with Gasteiger partial charge in [0.25, 0.3) is 0 Å². The van der Waals surface area contributed by atoms with Crippen molar-refractivity contribution in [2.75, 3.05) is 20.1 Å². The third-order valence-electron chi connectivity index (χ3n) is 5.23. The van der Waals surface area contributed by atoms with Crippen LogP contribution in [0.2, 0.25) is 0 Å². The quantitative estimate of drug-likeness (QED) is 0.490. The largest absolute Gasteiger partial charge is 0.353 e. The van der Waals surface area contributed by atoms with Gasteiger partial charge in [-0.25, -0.2) is 0 Å². The SMILES string of the molecule is CN=C(NCc1ccccc1CN1CCCCCC1)NC1CC=CC1. The maximum atomic E-state index is 4.38. The molecule has 1 saturated heterocycles. The van der Waals surface area contributed by atoms with Gasteiger partial charge < -0.3 is 10.6 Å². The third kappa shape index (κ3) is 5.60. The van der Waals surface area contributed by atoms with Gasteiger partial charge in [0.1, 0.15) is 0 Å².